The van der Waals surface area contributed by atoms with Crippen molar-refractivity contribution in [2.45, 2.75) is 64.5 Å². The Kier molecular flexibility index (Phi) is 7.82. The first-order valence-electron chi connectivity index (χ1n) is 12.4. The lowest BCUT2D eigenvalue weighted by Gasteiger charge is -2.34. The molecule has 0 fully saturated rings. The first kappa shape index (κ1) is 28.6. The Morgan fingerprint density at radius 2 is 1.38 bits per heavy atom. The molecule has 0 atom stereocenters. The third kappa shape index (κ3) is 4.91. The monoisotopic (exact) mass is 561 g/mol. The highest BCUT2D eigenvalue weighted by atomic mass is 19.3. The van der Waals surface area contributed by atoms with Gasteiger partial charge in [0.05, 0.1) is 5.56 Å². The van der Waals surface area contributed by atoms with E-state index in [4.69, 9.17) is 0 Å². The molecule has 0 N–H and O–H groups in total. The van der Waals surface area contributed by atoms with Gasteiger partial charge in [-0.05, 0) is 48.1 Å². The van der Waals surface area contributed by atoms with Crippen molar-refractivity contribution in [3.8, 4) is 16.9 Å². The van der Waals surface area contributed by atoms with E-state index in [1.54, 1.807) is 6.92 Å². The van der Waals surface area contributed by atoms with Crippen LogP contribution in [0, 0.1) is 23.3 Å². The quantitative estimate of drug-likeness (QED) is 0.112. The lowest BCUT2D eigenvalue weighted by Crippen LogP contribution is -2.39. The molecule has 0 saturated carbocycles. The molecule has 0 aliphatic carbocycles. The number of ether oxygens (including phenoxy) is 1. The number of halogens is 9. The highest BCUT2D eigenvalue weighted by Gasteiger charge is 2.53. The summed E-state index contributed by atoms with van der Waals surface area (Å²) in [4.78, 5) is 0. The number of aryl methyl sites for hydroxylation is 2. The zero-order chi connectivity index (χ0) is 28.7. The van der Waals surface area contributed by atoms with E-state index < -0.39 is 74.2 Å². The molecule has 11 heteroatoms. The van der Waals surface area contributed by atoms with Crippen LogP contribution < -0.4 is 9.86 Å². The molecule has 1 aliphatic heterocycles. The first-order chi connectivity index (χ1) is 18.4. The SMILES string of the molecule is CCCCCc1ccc(OC(F)(F)c2ccc3c(c2F)C(F)(F)N(F)c2c-3ccc(CCC)c2F)c(F)c1F. The summed E-state index contributed by atoms with van der Waals surface area (Å²) in [5.41, 5.74) is -6.02. The van der Waals surface area contributed by atoms with Gasteiger partial charge in [0.25, 0.3) is 0 Å². The molecule has 0 aromatic heterocycles. The molecule has 4 rings (SSSR count). The summed E-state index contributed by atoms with van der Waals surface area (Å²) in [6.07, 6.45) is -2.03. The third-order valence-corrected chi connectivity index (χ3v) is 6.62. The minimum Gasteiger partial charge on any atom is -0.426 e. The van der Waals surface area contributed by atoms with Gasteiger partial charge in [-0.15, -0.1) is 5.12 Å². The number of anilines is 1. The van der Waals surface area contributed by atoms with E-state index >= 15 is 22.0 Å². The Morgan fingerprint density at radius 1 is 0.744 bits per heavy atom. The van der Waals surface area contributed by atoms with E-state index in [2.05, 4.69) is 4.74 Å². The largest absolute Gasteiger partial charge is 0.429 e. The highest BCUT2D eigenvalue weighted by Crippen LogP contribution is 2.53. The van der Waals surface area contributed by atoms with Crippen LogP contribution in [0.15, 0.2) is 36.4 Å². The fraction of sp³-hybridized carbons (Fsp3) is 0.357. The summed E-state index contributed by atoms with van der Waals surface area (Å²) in [5.74, 6) is -7.98. The predicted octanol–water partition coefficient (Wildman–Crippen LogP) is 9.48. The van der Waals surface area contributed by atoms with Gasteiger partial charge in [-0.1, -0.05) is 61.9 Å². The lowest BCUT2D eigenvalue weighted by atomic mass is 9.89. The van der Waals surface area contributed by atoms with Crippen LogP contribution in [0.4, 0.5) is 45.3 Å². The Morgan fingerprint density at radius 3 is 2.05 bits per heavy atom. The van der Waals surface area contributed by atoms with Gasteiger partial charge in [-0.2, -0.15) is 22.0 Å². The number of hydrogen-bond donors (Lipinski definition) is 0. The Labute approximate surface area is 218 Å². The zero-order valence-electron chi connectivity index (χ0n) is 21.0. The minimum atomic E-state index is -4.89. The van der Waals surface area contributed by atoms with E-state index in [1.165, 1.54) is 6.07 Å². The predicted molar refractivity (Wildman–Crippen MR) is 127 cm³/mol. The number of benzene rings is 3. The molecule has 3 aromatic rings. The smallest absolute Gasteiger partial charge is 0.426 e. The molecule has 0 saturated heterocycles. The molecular weight excluding hydrogens is 537 g/mol. The van der Waals surface area contributed by atoms with Crippen molar-refractivity contribution < 1.29 is 44.3 Å². The standard InChI is InChI=1S/C28H24F9NO/c1-3-5-6-8-16-10-14-20(25(32)22(16)29)39-28(35,36)19-13-12-17-18-11-9-15(7-4-2)23(30)26(18)38(37)27(33,34)21(17)24(19)31/h9-14H,3-8H2,1-2H3. The normalized spacial score (nSPS) is 14.3. The molecule has 0 radical (unpaired) electrons. The number of fused-ring (bicyclic) bond motifs is 3. The molecule has 2 nitrogen and oxygen atoms in total. The molecule has 0 bridgehead atoms. The van der Waals surface area contributed by atoms with E-state index in [-0.39, 0.29) is 24.0 Å². The number of hydrogen-bond acceptors (Lipinski definition) is 2. The fourth-order valence-corrected chi connectivity index (χ4v) is 4.64. The number of alkyl halides is 4. The summed E-state index contributed by atoms with van der Waals surface area (Å²) < 4.78 is 138. The second-order valence-corrected chi connectivity index (χ2v) is 9.28. The minimum absolute atomic E-state index is 0.0548. The Bertz CT molecular complexity index is 1390. The van der Waals surface area contributed by atoms with Gasteiger partial charge < -0.3 is 4.74 Å². The van der Waals surface area contributed by atoms with Crippen LogP contribution in [0.5, 0.6) is 5.75 Å². The van der Waals surface area contributed by atoms with Crippen molar-refractivity contribution >= 4 is 5.69 Å². The zero-order valence-corrected chi connectivity index (χ0v) is 21.0. The van der Waals surface area contributed by atoms with Crippen LogP contribution in [-0.4, -0.2) is 0 Å². The topological polar surface area (TPSA) is 12.5 Å². The molecule has 39 heavy (non-hydrogen) atoms. The summed E-state index contributed by atoms with van der Waals surface area (Å²) in [6.45, 7) is 3.59. The molecule has 0 amide bonds. The average molecular weight is 561 g/mol. The van der Waals surface area contributed by atoms with Gasteiger partial charge in [0.1, 0.15) is 17.1 Å². The molecule has 210 valence electrons. The summed E-state index contributed by atoms with van der Waals surface area (Å²) >= 11 is 0. The maximum Gasteiger partial charge on any atom is 0.429 e. The Balaban J connectivity index is 1.76. The van der Waals surface area contributed by atoms with Crippen molar-refractivity contribution in [3.05, 3.63) is 81.9 Å². The summed E-state index contributed by atoms with van der Waals surface area (Å²) in [5, 5.41) is -1.29. The van der Waals surface area contributed by atoms with Gasteiger partial charge in [0, 0.05) is 5.56 Å². The van der Waals surface area contributed by atoms with Crippen molar-refractivity contribution in [2.24, 2.45) is 0 Å². The average Bonchev–Trinajstić information content (AvgIpc) is 2.87. The van der Waals surface area contributed by atoms with Crippen molar-refractivity contribution in [1.29, 1.82) is 0 Å². The van der Waals surface area contributed by atoms with Gasteiger partial charge in [-0.3, -0.25) is 0 Å². The van der Waals surface area contributed by atoms with E-state index in [0.29, 0.717) is 25.0 Å². The Hall–Kier alpha value is -3.37. The lowest BCUT2D eigenvalue weighted by molar-refractivity contribution is -0.189. The van der Waals surface area contributed by atoms with Gasteiger partial charge in [0.15, 0.2) is 17.4 Å². The van der Waals surface area contributed by atoms with E-state index in [0.717, 1.165) is 31.0 Å². The number of nitrogens with zero attached hydrogens (tertiary/aromatic N) is 1. The van der Waals surface area contributed by atoms with Crippen molar-refractivity contribution in [2.75, 3.05) is 5.12 Å². The first-order valence-corrected chi connectivity index (χ1v) is 12.4. The molecule has 1 heterocycles. The van der Waals surface area contributed by atoms with Gasteiger partial charge in [0.2, 0.25) is 5.82 Å². The third-order valence-electron chi connectivity index (χ3n) is 6.62. The van der Waals surface area contributed by atoms with Crippen LogP contribution in [0.25, 0.3) is 11.1 Å². The molecule has 1 aliphatic rings. The highest BCUT2D eigenvalue weighted by molar-refractivity contribution is 5.85. The summed E-state index contributed by atoms with van der Waals surface area (Å²) in [6, 6.07) is 0.237. The summed E-state index contributed by atoms with van der Waals surface area (Å²) in [7, 11) is 0. The van der Waals surface area contributed by atoms with E-state index in [1.807, 2.05) is 6.92 Å². The number of unbranched alkanes of at least 4 members (excludes halogenated alkanes) is 2. The second-order valence-electron chi connectivity index (χ2n) is 9.28. The molecular formula is C28H24F9NO. The molecule has 3 aromatic carbocycles. The van der Waals surface area contributed by atoms with Crippen LogP contribution in [0.3, 0.4) is 0 Å². The van der Waals surface area contributed by atoms with Crippen LogP contribution >= 0.6 is 0 Å². The maximum absolute atomic E-state index is 15.3. The van der Waals surface area contributed by atoms with Crippen molar-refractivity contribution in [1.82, 2.24) is 0 Å². The van der Waals surface area contributed by atoms with Gasteiger partial charge in [-0.25, -0.2) is 13.2 Å². The molecule has 0 spiro atoms. The van der Waals surface area contributed by atoms with Gasteiger partial charge >= 0.3 is 12.2 Å². The number of rotatable bonds is 9. The van der Waals surface area contributed by atoms with E-state index in [9.17, 15) is 17.7 Å². The van der Waals surface area contributed by atoms with Crippen LogP contribution in [-0.2, 0) is 25.0 Å². The van der Waals surface area contributed by atoms with Crippen molar-refractivity contribution in [3.63, 3.8) is 0 Å². The van der Waals surface area contributed by atoms with Crippen LogP contribution in [0.2, 0.25) is 0 Å². The van der Waals surface area contributed by atoms with Crippen LogP contribution in [0.1, 0.15) is 61.8 Å². The second kappa shape index (κ2) is 10.7. The maximum atomic E-state index is 15.3. The fourth-order valence-electron chi connectivity index (χ4n) is 4.64. The molecule has 0 unspecified atom stereocenters.